The zero-order valence-electron chi connectivity index (χ0n) is 33.2. The number of rotatable bonds is 12. The van der Waals surface area contributed by atoms with E-state index in [2.05, 4.69) is 34.2 Å². The molecule has 13 nitrogen and oxygen atoms in total. The van der Waals surface area contributed by atoms with E-state index in [0.29, 0.717) is 63.3 Å². The lowest BCUT2D eigenvalue weighted by Crippen LogP contribution is -2.65. The molecule has 5 aliphatic rings. The normalized spacial score (nSPS) is 24.4. The minimum atomic E-state index is -0.877. The number of hydrogen-bond donors (Lipinski definition) is 2. The Morgan fingerprint density at radius 2 is 1.64 bits per heavy atom. The Hall–Kier alpha value is -4.52. The molecule has 3 aliphatic heterocycles. The molecule has 13 heteroatoms. The van der Waals surface area contributed by atoms with Crippen LogP contribution in [0.25, 0.3) is 0 Å². The van der Waals surface area contributed by atoms with Gasteiger partial charge in [0.2, 0.25) is 17.7 Å². The van der Waals surface area contributed by atoms with Crippen molar-refractivity contribution in [3.05, 3.63) is 72.1 Å². The van der Waals surface area contributed by atoms with Crippen LogP contribution in [0.5, 0.6) is 0 Å². The van der Waals surface area contributed by atoms with Crippen molar-refractivity contribution in [2.24, 2.45) is 28.6 Å². The Morgan fingerprint density at radius 3 is 2.32 bits per heavy atom. The molecule has 3 aromatic rings. The lowest BCUT2D eigenvalue weighted by molar-refractivity contribution is -0.153. The van der Waals surface area contributed by atoms with Crippen molar-refractivity contribution >= 4 is 23.6 Å². The van der Waals surface area contributed by atoms with Gasteiger partial charge in [-0.25, -0.2) is 4.98 Å². The number of carbonyl (C=O) groups excluding carboxylic acids is 4. The molecular weight excluding hydrogens is 709 g/mol. The summed E-state index contributed by atoms with van der Waals surface area (Å²) in [4.78, 5) is 69.6. The van der Waals surface area contributed by atoms with Crippen molar-refractivity contribution in [2.45, 2.75) is 96.7 Å². The highest BCUT2D eigenvalue weighted by Crippen LogP contribution is 2.54. The van der Waals surface area contributed by atoms with Crippen LogP contribution in [0.1, 0.15) is 99.7 Å². The van der Waals surface area contributed by atoms with E-state index in [1.54, 1.807) is 28.3 Å². The second-order valence-electron chi connectivity index (χ2n) is 18.1. The molecular formula is C43H58N8O5. The molecule has 5 fully saturated rings. The van der Waals surface area contributed by atoms with Crippen LogP contribution in [-0.4, -0.2) is 116 Å². The molecule has 2 saturated carbocycles. The molecule has 0 unspecified atom stereocenters. The monoisotopic (exact) mass is 766 g/mol. The van der Waals surface area contributed by atoms with Gasteiger partial charge in [-0.1, -0.05) is 63.4 Å². The standard InChI is InChI=1S/C43H58N8O5/c1-29(56-24-31-12-8-5-9-13-31)37(41(55)48-16-14-32(15-17-48)36-20-44-28-45-36)47-38(52)35-23-49(25-43(35)26-50(27-43)40(54)34-18-42(34,2)3)39(53)33-19-46-51(22-33)21-30-10-6-4-7-11-30/h4,6-7,10-11,19-20,22,28-29,31-32,34-35,37H,5,8-9,12-18,21,23-27H2,1-3H3,(H,44,45)(H,47,52)/t29-,34-,35+,37+/m1/s1. The maximum Gasteiger partial charge on any atom is 0.257 e. The first-order valence-electron chi connectivity index (χ1n) is 20.8. The van der Waals surface area contributed by atoms with E-state index >= 15 is 0 Å². The van der Waals surface area contributed by atoms with Gasteiger partial charge in [-0.3, -0.25) is 23.9 Å². The highest BCUT2D eigenvalue weighted by Gasteiger charge is 2.62. The first-order chi connectivity index (χ1) is 27.0. The molecule has 300 valence electrons. The summed E-state index contributed by atoms with van der Waals surface area (Å²) in [6, 6.07) is 9.08. The highest BCUT2D eigenvalue weighted by molar-refractivity contribution is 5.96. The average molecular weight is 767 g/mol. The second kappa shape index (κ2) is 15.8. The van der Waals surface area contributed by atoms with Crippen molar-refractivity contribution in [3.63, 3.8) is 0 Å². The van der Waals surface area contributed by atoms with Crippen molar-refractivity contribution < 1.29 is 23.9 Å². The summed E-state index contributed by atoms with van der Waals surface area (Å²) in [6.45, 7) is 9.73. The number of ether oxygens (including phenoxy) is 1. The van der Waals surface area contributed by atoms with E-state index in [1.165, 1.54) is 19.3 Å². The largest absolute Gasteiger partial charge is 0.376 e. The van der Waals surface area contributed by atoms with Crippen LogP contribution in [-0.2, 0) is 25.7 Å². The van der Waals surface area contributed by atoms with Gasteiger partial charge in [0.1, 0.15) is 6.04 Å². The molecule has 2 N–H and O–H groups in total. The summed E-state index contributed by atoms with van der Waals surface area (Å²) < 4.78 is 8.21. The predicted molar refractivity (Wildman–Crippen MR) is 209 cm³/mol. The van der Waals surface area contributed by atoms with E-state index in [0.717, 1.165) is 43.4 Å². The van der Waals surface area contributed by atoms with Gasteiger partial charge in [0.15, 0.2) is 0 Å². The molecule has 0 bridgehead atoms. The van der Waals surface area contributed by atoms with Crippen LogP contribution in [0.2, 0.25) is 0 Å². The zero-order valence-corrected chi connectivity index (χ0v) is 33.2. The van der Waals surface area contributed by atoms with E-state index in [1.807, 2.05) is 53.3 Å². The van der Waals surface area contributed by atoms with Crippen molar-refractivity contribution in [3.8, 4) is 0 Å². The Labute approximate surface area is 329 Å². The molecule has 4 atom stereocenters. The lowest BCUT2D eigenvalue weighted by atomic mass is 9.70. The van der Waals surface area contributed by atoms with Crippen LogP contribution in [0.3, 0.4) is 0 Å². The molecule has 0 radical (unpaired) electrons. The average Bonchev–Trinajstić information content (AvgIpc) is 3.72. The van der Waals surface area contributed by atoms with E-state index in [-0.39, 0.29) is 41.5 Å². The van der Waals surface area contributed by atoms with Gasteiger partial charge in [0, 0.05) is 81.2 Å². The quantitative estimate of drug-likeness (QED) is 0.277. The molecule has 8 rings (SSSR count). The van der Waals surface area contributed by atoms with Gasteiger partial charge in [-0.15, -0.1) is 0 Å². The summed E-state index contributed by atoms with van der Waals surface area (Å²) >= 11 is 0. The number of piperidine rings is 1. The van der Waals surface area contributed by atoms with Crippen LogP contribution < -0.4 is 5.32 Å². The van der Waals surface area contributed by atoms with Gasteiger partial charge in [-0.05, 0) is 55.9 Å². The fourth-order valence-electron chi connectivity index (χ4n) is 9.77. The first kappa shape index (κ1) is 38.4. The fraction of sp³-hybridized carbons (Fsp3) is 0.628. The van der Waals surface area contributed by atoms with E-state index in [4.69, 9.17) is 4.74 Å². The van der Waals surface area contributed by atoms with Gasteiger partial charge >= 0.3 is 0 Å². The predicted octanol–water partition coefficient (Wildman–Crippen LogP) is 4.48. The minimum absolute atomic E-state index is 0.0108. The van der Waals surface area contributed by atoms with Gasteiger partial charge in [-0.2, -0.15) is 5.10 Å². The van der Waals surface area contributed by atoms with Crippen molar-refractivity contribution in [1.82, 2.24) is 39.8 Å². The molecule has 2 aliphatic carbocycles. The molecule has 3 saturated heterocycles. The number of nitrogens with zero attached hydrogens (tertiary/aromatic N) is 6. The molecule has 5 heterocycles. The maximum absolute atomic E-state index is 14.7. The third-order valence-corrected chi connectivity index (χ3v) is 13.6. The van der Waals surface area contributed by atoms with Crippen LogP contribution in [0, 0.1) is 28.6 Å². The van der Waals surface area contributed by atoms with Crippen LogP contribution >= 0.6 is 0 Å². The number of likely N-dealkylation sites (tertiary alicyclic amines) is 3. The number of imidazole rings is 1. The van der Waals surface area contributed by atoms with E-state index in [9.17, 15) is 19.2 Å². The Balaban J connectivity index is 0.994. The third kappa shape index (κ3) is 8.01. The molecule has 1 spiro atoms. The number of benzene rings is 1. The van der Waals surface area contributed by atoms with Crippen LogP contribution in [0.15, 0.2) is 55.2 Å². The SMILES string of the molecule is C[C@@H](OCC1CCCCC1)[C@H](NC(=O)[C@@H]1CN(C(=O)c2cnn(Cc3ccccc3)c2)CC12CN(C(=O)[C@H]1CC1(C)C)C2)C(=O)N1CCC(c2cnc[nH]2)CC1. The lowest BCUT2D eigenvalue weighted by Gasteiger charge is -2.50. The zero-order chi connectivity index (χ0) is 39.0. The number of H-pyrrole nitrogens is 1. The van der Waals surface area contributed by atoms with E-state index < -0.39 is 23.5 Å². The number of amides is 4. The maximum atomic E-state index is 14.7. The summed E-state index contributed by atoms with van der Waals surface area (Å²) in [5.41, 5.74) is 1.99. The van der Waals surface area contributed by atoms with Gasteiger partial charge < -0.3 is 29.7 Å². The van der Waals surface area contributed by atoms with Crippen molar-refractivity contribution in [2.75, 3.05) is 45.9 Å². The van der Waals surface area contributed by atoms with Gasteiger partial charge in [0.25, 0.3) is 5.91 Å². The summed E-state index contributed by atoms with van der Waals surface area (Å²) in [5.74, 6) is -0.327. The Bertz CT molecular complexity index is 1860. The molecule has 56 heavy (non-hydrogen) atoms. The third-order valence-electron chi connectivity index (χ3n) is 13.6. The Morgan fingerprint density at radius 1 is 0.929 bits per heavy atom. The summed E-state index contributed by atoms with van der Waals surface area (Å²) in [7, 11) is 0. The Kier molecular flexibility index (Phi) is 10.8. The summed E-state index contributed by atoms with van der Waals surface area (Å²) in [5, 5.41) is 7.67. The minimum Gasteiger partial charge on any atom is -0.376 e. The van der Waals surface area contributed by atoms with Gasteiger partial charge in [0.05, 0.1) is 36.7 Å². The second-order valence-corrected chi connectivity index (χ2v) is 18.1. The number of aromatic nitrogens is 4. The topological polar surface area (TPSA) is 146 Å². The number of aromatic amines is 1. The summed E-state index contributed by atoms with van der Waals surface area (Å²) in [6.07, 6.45) is 14.7. The molecule has 1 aromatic carbocycles. The highest BCUT2D eigenvalue weighted by atomic mass is 16.5. The van der Waals surface area contributed by atoms with Crippen LogP contribution in [0.4, 0.5) is 0 Å². The fourth-order valence-corrected chi connectivity index (χ4v) is 9.77. The number of carbonyl (C=O) groups is 4. The number of nitrogens with one attached hydrogen (secondary N) is 2. The smallest absolute Gasteiger partial charge is 0.257 e. The molecule has 2 aromatic heterocycles. The molecule has 4 amide bonds. The first-order valence-corrected chi connectivity index (χ1v) is 20.8. The number of hydrogen-bond acceptors (Lipinski definition) is 7. The van der Waals surface area contributed by atoms with Crippen molar-refractivity contribution in [1.29, 1.82) is 0 Å².